The molecule has 1 aliphatic rings. The van der Waals surface area contributed by atoms with Crippen LogP contribution in [0.1, 0.15) is 24.8 Å². The molecule has 0 spiro atoms. The van der Waals surface area contributed by atoms with Crippen LogP contribution in [0.4, 0.5) is 0 Å². The fraction of sp³-hybridized carbons (Fsp3) is 0.533. The minimum atomic E-state index is -2.78. The zero-order valence-corrected chi connectivity index (χ0v) is 12.4. The van der Waals surface area contributed by atoms with E-state index in [0.29, 0.717) is 24.5 Å². The van der Waals surface area contributed by atoms with Gasteiger partial charge in [0.1, 0.15) is 0 Å². The van der Waals surface area contributed by atoms with E-state index >= 15 is 0 Å². The third-order valence-corrected chi connectivity index (χ3v) is 5.48. The van der Waals surface area contributed by atoms with Crippen LogP contribution in [0.25, 0.3) is 0 Å². The van der Waals surface area contributed by atoms with E-state index in [1.165, 1.54) is 0 Å². The average molecular weight is 295 g/mol. The van der Waals surface area contributed by atoms with E-state index in [2.05, 4.69) is 5.32 Å². The highest BCUT2D eigenvalue weighted by Crippen LogP contribution is 2.22. The Bertz CT molecular complexity index is 539. The molecule has 5 heteroatoms. The van der Waals surface area contributed by atoms with Crippen molar-refractivity contribution >= 4 is 15.7 Å². The fourth-order valence-corrected chi connectivity index (χ4v) is 4.47. The maximum absolute atomic E-state index is 11.7. The third kappa shape index (κ3) is 4.96. The van der Waals surface area contributed by atoms with E-state index in [9.17, 15) is 13.2 Å². The minimum absolute atomic E-state index is 0.0234. The Hall–Kier alpha value is -1.36. The van der Waals surface area contributed by atoms with E-state index in [0.717, 1.165) is 24.8 Å². The van der Waals surface area contributed by atoms with Crippen molar-refractivity contribution in [1.82, 2.24) is 5.32 Å². The van der Waals surface area contributed by atoms with Gasteiger partial charge in [-0.05, 0) is 30.7 Å². The second kappa shape index (κ2) is 6.88. The normalized spacial score (nSPS) is 20.7. The lowest BCUT2D eigenvalue weighted by Crippen LogP contribution is -2.26. The molecule has 1 aliphatic heterocycles. The van der Waals surface area contributed by atoms with Gasteiger partial charge in [0, 0.05) is 6.54 Å². The fourth-order valence-electron chi connectivity index (χ4n) is 2.56. The first-order valence-corrected chi connectivity index (χ1v) is 8.88. The maximum Gasteiger partial charge on any atom is 0.224 e. The number of amides is 1. The molecular formula is C15H21NO3S. The summed E-state index contributed by atoms with van der Waals surface area (Å²) >= 11 is 0. The van der Waals surface area contributed by atoms with Crippen LogP contribution < -0.4 is 5.32 Å². The van der Waals surface area contributed by atoms with Crippen LogP contribution in [0.15, 0.2) is 30.3 Å². The van der Waals surface area contributed by atoms with E-state index in [1.54, 1.807) is 0 Å². The molecule has 110 valence electrons. The molecule has 1 unspecified atom stereocenters. The van der Waals surface area contributed by atoms with Crippen molar-refractivity contribution in [1.29, 1.82) is 0 Å². The standard InChI is InChI=1S/C15H21NO3S/c17-15(11-13-5-2-1-3-6-13)16-9-4-7-14-8-10-20(18,19)12-14/h1-3,5-6,14H,4,7-12H2,(H,16,17). The van der Waals surface area contributed by atoms with Crippen molar-refractivity contribution < 1.29 is 13.2 Å². The van der Waals surface area contributed by atoms with Gasteiger partial charge in [0.05, 0.1) is 17.9 Å². The molecule has 1 aromatic carbocycles. The van der Waals surface area contributed by atoms with Crippen LogP contribution in [-0.4, -0.2) is 32.4 Å². The predicted molar refractivity (Wildman–Crippen MR) is 79.2 cm³/mol. The summed E-state index contributed by atoms with van der Waals surface area (Å²) in [6.45, 7) is 0.627. The largest absolute Gasteiger partial charge is 0.356 e. The summed E-state index contributed by atoms with van der Waals surface area (Å²) in [7, 11) is -2.78. The molecule has 1 atom stereocenters. The van der Waals surface area contributed by atoms with Gasteiger partial charge in [-0.15, -0.1) is 0 Å². The molecule has 0 aliphatic carbocycles. The number of carbonyl (C=O) groups excluding carboxylic acids is 1. The summed E-state index contributed by atoms with van der Waals surface area (Å²) in [6, 6.07) is 9.63. The Labute approximate surface area is 120 Å². The lowest BCUT2D eigenvalue weighted by Gasteiger charge is -2.08. The summed E-state index contributed by atoms with van der Waals surface area (Å²) in [5.74, 6) is 0.962. The highest BCUT2D eigenvalue weighted by molar-refractivity contribution is 7.91. The quantitative estimate of drug-likeness (QED) is 0.810. The number of hydrogen-bond acceptors (Lipinski definition) is 3. The predicted octanol–water partition coefficient (Wildman–Crippen LogP) is 1.56. The van der Waals surface area contributed by atoms with Gasteiger partial charge in [-0.2, -0.15) is 0 Å². The molecule has 1 N–H and O–H groups in total. The van der Waals surface area contributed by atoms with E-state index in [4.69, 9.17) is 0 Å². The van der Waals surface area contributed by atoms with E-state index in [1.807, 2.05) is 30.3 Å². The Morgan fingerprint density at radius 2 is 2.00 bits per heavy atom. The van der Waals surface area contributed by atoms with Crippen molar-refractivity contribution in [3.63, 3.8) is 0 Å². The number of nitrogens with one attached hydrogen (secondary N) is 1. The smallest absolute Gasteiger partial charge is 0.224 e. The number of carbonyl (C=O) groups is 1. The average Bonchev–Trinajstić information content (AvgIpc) is 2.75. The van der Waals surface area contributed by atoms with Crippen molar-refractivity contribution in [3.05, 3.63) is 35.9 Å². The number of benzene rings is 1. The van der Waals surface area contributed by atoms with Gasteiger partial charge in [-0.1, -0.05) is 30.3 Å². The molecule has 1 fully saturated rings. The first kappa shape index (κ1) is 15.0. The van der Waals surface area contributed by atoms with Crippen molar-refractivity contribution in [3.8, 4) is 0 Å². The second-order valence-corrected chi connectivity index (χ2v) is 7.65. The molecule has 1 amide bonds. The number of rotatable bonds is 6. The zero-order chi connectivity index (χ0) is 14.4. The molecular weight excluding hydrogens is 274 g/mol. The molecule has 2 rings (SSSR count). The van der Waals surface area contributed by atoms with Crippen molar-refractivity contribution in [2.45, 2.75) is 25.7 Å². The van der Waals surface area contributed by atoms with Gasteiger partial charge in [0.2, 0.25) is 5.91 Å². The second-order valence-electron chi connectivity index (χ2n) is 5.42. The highest BCUT2D eigenvalue weighted by atomic mass is 32.2. The molecule has 1 aromatic rings. The molecule has 1 saturated heterocycles. The summed E-state index contributed by atoms with van der Waals surface area (Å²) in [4.78, 5) is 11.7. The lowest BCUT2D eigenvalue weighted by atomic mass is 10.0. The van der Waals surface area contributed by atoms with Crippen LogP contribution in [0.3, 0.4) is 0 Å². The van der Waals surface area contributed by atoms with Gasteiger partial charge in [-0.25, -0.2) is 8.42 Å². The summed E-state index contributed by atoms with van der Waals surface area (Å²) in [5, 5.41) is 2.89. The molecule has 20 heavy (non-hydrogen) atoms. The zero-order valence-electron chi connectivity index (χ0n) is 11.5. The third-order valence-electron chi connectivity index (χ3n) is 3.65. The molecule has 1 heterocycles. The van der Waals surface area contributed by atoms with Crippen LogP contribution in [0.5, 0.6) is 0 Å². The van der Waals surface area contributed by atoms with Crippen LogP contribution in [0.2, 0.25) is 0 Å². The Balaban J connectivity index is 1.60. The van der Waals surface area contributed by atoms with E-state index in [-0.39, 0.29) is 11.8 Å². The van der Waals surface area contributed by atoms with Gasteiger partial charge in [-0.3, -0.25) is 4.79 Å². The first-order valence-electron chi connectivity index (χ1n) is 7.06. The summed E-state index contributed by atoms with van der Waals surface area (Å²) in [6.07, 6.45) is 2.91. The highest BCUT2D eigenvalue weighted by Gasteiger charge is 2.27. The Kier molecular flexibility index (Phi) is 5.17. The van der Waals surface area contributed by atoms with Crippen LogP contribution in [0, 0.1) is 5.92 Å². The van der Waals surface area contributed by atoms with Crippen molar-refractivity contribution in [2.24, 2.45) is 5.92 Å². The Morgan fingerprint density at radius 3 is 2.65 bits per heavy atom. The molecule has 0 radical (unpaired) electrons. The molecule has 0 bridgehead atoms. The van der Waals surface area contributed by atoms with Gasteiger partial charge >= 0.3 is 0 Å². The summed E-state index contributed by atoms with van der Waals surface area (Å²) < 4.78 is 22.6. The molecule has 0 aromatic heterocycles. The minimum Gasteiger partial charge on any atom is -0.356 e. The Morgan fingerprint density at radius 1 is 1.25 bits per heavy atom. The molecule has 0 saturated carbocycles. The van der Waals surface area contributed by atoms with Gasteiger partial charge in [0.25, 0.3) is 0 Å². The van der Waals surface area contributed by atoms with Gasteiger partial charge in [0.15, 0.2) is 9.84 Å². The summed E-state index contributed by atoms with van der Waals surface area (Å²) in [5.41, 5.74) is 1.01. The SMILES string of the molecule is O=C(Cc1ccccc1)NCCCC1CCS(=O)(=O)C1. The number of hydrogen-bond donors (Lipinski definition) is 1. The maximum atomic E-state index is 11.7. The topological polar surface area (TPSA) is 63.2 Å². The monoisotopic (exact) mass is 295 g/mol. The lowest BCUT2D eigenvalue weighted by molar-refractivity contribution is -0.120. The first-order chi connectivity index (χ1) is 9.55. The molecule has 4 nitrogen and oxygen atoms in total. The van der Waals surface area contributed by atoms with Crippen molar-refractivity contribution in [2.75, 3.05) is 18.1 Å². The van der Waals surface area contributed by atoms with E-state index < -0.39 is 9.84 Å². The number of sulfone groups is 1. The van der Waals surface area contributed by atoms with Crippen LogP contribution in [-0.2, 0) is 21.1 Å². The van der Waals surface area contributed by atoms with Gasteiger partial charge < -0.3 is 5.32 Å². The van der Waals surface area contributed by atoms with Crippen LogP contribution >= 0.6 is 0 Å².